The van der Waals surface area contributed by atoms with Crippen molar-refractivity contribution in [3.8, 4) is 11.1 Å². The van der Waals surface area contributed by atoms with Gasteiger partial charge in [0.2, 0.25) is 0 Å². The van der Waals surface area contributed by atoms with Crippen molar-refractivity contribution >= 4 is 35.0 Å². The summed E-state index contributed by atoms with van der Waals surface area (Å²) in [6, 6.07) is 11.7. The van der Waals surface area contributed by atoms with Crippen LogP contribution in [0.5, 0.6) is 0 Å². The third kappa shape index (κ3) is 1.28. The van der Waals surface area contributed by atoms with Gasteiger partial charge < -0.3 is 0 Å². The molecule has 2 radical (unpaired) electrons. The quantitative estimate of drug-likeness (QED) is 0.606. The zero-order valence-electron chi connectivity index (χ0n) is 8.42. The van der Waals surface area contributed by atoms with Gasteiger partial charge in [-0.05, 0) is 23.3 Å². The van der Waals surface area contributed by atoms with Crippen molar-refractivity contribution in [2.75, 3.05) is 0 Å². The molecule has 0 aliphatic heterocycles. The number of hydrogen-bond acceptors (Lipinski definition) is 1. The fraction of sp³-hybridized carbons (Fsp3) is 0. The lowest BCUT2D eigenvalue weighted by molar-refractivity contribution is 1.50. The van der Waals surface area contributed by atoms with Crippen LogP contribution in [0.2, 0.25) is 0 Å². The second-order valence-electron chi connectivity index (χ2n) is 3.87. The van der Waals surface area contributed by atoms with Crippen LogP contribution in [0.15, 0.2) is 40.9 Å². The van der Waals surface area contributed by atoms with E-state index in [1.165, 1.54) is 0 Å². The fourth-order valence-electron chi connectivity index (χ4n) is 2.11. The molecule has 0 saturated heterocycles. The van der Waals surface area contributed by atoms with Crippen molar-refractivity contribution < 1.29 is 0 Å². The molecule has 3 rings (SSSR count). The molecule has 16 heavy (non-hydrogen) atoms. The average Bonchev–Trinajstić information content (AvgIpc) is 2.53. The first-order chi connectivity index (χ1) is 7.66. The summed E-state index contributed by atoms with van der Waals surface area (Å²) in [5.74, 6) is 0. The van der Waals surface area contributed by atoms with Crippen LogP contribution in [0.25, 0.3) is 11.1 Å². The summed E-state index contributed by atoms with van der Waals surface area (Å²) in [7, 11) is 5.75. The van der Waals surface area contributed by atoms with Crippen molar-refractivity contribution in [3.63, 3.8) is 0 Å². The Balaban J connectivity index is 2.34. The molecule has 2 aromatic rings. The first-order valence-corrected chi connectivity index (χ1v) is 5.75. The smallest absolute Gasteiger partial charge is 0.113 e. The van der Waals surface area contributed by atoms with Gasteiger partial charge in [0.05, 0.1) is 5.71 Å². The van der Waals surface area contributed by atoms with Gasteiger partial charge in [-0.3, -0.25) is 5.41 Å². The molecule has 0 unspecified atom stereocenters. The summed E-state index contributed by atoms with van der Waals surface area (Å²) < 4.78 is 0.997. The second kappa shape index (κ2) is 3.32. The molecule has 2 aromatic carbocycles. The van der Waals surface area contributed by atoms with Gasteiger partial charge in [-0.2, -0.15) is 0 Å². The summed E-state index contributed by atoms with van der Waals surface area (Å²) in [6.07, 6.45) is 0. The minimum absolute atomic E-state index is 0.554. The monoisotopic (exact) mass is 267 g/mol. The maximum atomic E-state index is 8.13. The maximum Gasteiger partial charge on any atom is 0.113 e. The average molecular weight is 268 g/mol. The van der Waals surface area contributed by atoms with Crippen molar-refractivity contribution in [1.29, 1.82) is 5.41 Å². The number of nitrogens with one attached hydrogen (secondary N) is 1. The number of rotatable bonds is 0. The highest BCUT2D eigenvalue weighted by Crippen LogP contribution is 2.36. The molecule has 1 nitrogen and oxygen atoms in total. The van der Waals surface area contributed by atoms with Crippen molar-refractivity contribution in [1.82, 2.24) is 0 Å². The summed E-state index contributed by atoms with van der Waals surface area (Å²) in [4.78, 5) is 0. The summed E-state index contributed by atoms with van der Waals surface area (Å²) in [6.45, 7) is 0. The standard InChI is InChI=1S/C13H7BBrN/c14-7-1-3-9-10-4-2-8(15)6-12(10)13(16)11(9)5-7/h1-6,16H. The highest BCUT2D eigenvalue weighted by Gasteiger charge is 2.23. The molecule has 1 aliphatic carbocycles. The highest BCUT2D eigenvalue weighted by atomic mass is 79.9. The first kappa shape index (κ1) is 9.85. The van der Waals surface area contributed by atoms with Crippen LogP contribution >= 0.6 is 15.9 Å². The van der Waals surface area contributed by atoms with Crippen LogP contribution in [0.4, 0.5) is 0 Å². The maximum absolute atomic E-state index is 8.13. The lowest BCUT2D eigenvalue weighted by atomic mass is 9.92. The van der Waals surface area contributed by atoms with Gasteiger partial charge in [0, 0.05) is 15.6 Å². The number of benzene rings is 2. The van der Waals surface area contributed by atoms with Crippen LogP contribution in [0, 0.1) is 5.41 Å². The van der Waals surface area contributed by atoms with Crippen LogP contribution in [-0.4, -0.2) is 13.6 Å². The normalized spacial score (nSPS) is 12.4. The fourth-order valence-corrected chi connectivity index (χ4v) is 2.47. The van der Waals surface area contributed by atoms with Gasteiger partial charge in [0.25, 0.3) is 0 Å². The highest BCUT2D eigenvalue weighted by molar-refractivity contribution is 9.10. The number of halogens is 1. The molecule has 1 N–H and O–H groups in total. The van der Waals surface area contributed by atoms with Crippen LogP contribution in [-0.2, 0) is 0 Å². The van der Waals surface area contributed by atoms with E-state index in [1.807, 2.05) is 36.4 Å². The minimum atomic E-state index is 0.554. The van der Waals surface area contributed by atoms with Gasteiger partial charge in [-0.15, -0.1) is 0 Å². The van der Waals surface area contributed by atoms with Crippen molar-refractivity contribution in [3.05, 3.63) is 52.0 Å². The second-order valence-corrected chi connectivity index (χ2v) is 4.79. The summed E-state index contributed by atoms with van der Waals surface area (Å²) in [5.41, 5.74) is 5.36. The van der Waals surface area contributed by atoms with E-state index in [2.05, 4.69) is 15.9 Å². The Morgan fingerprint density at radius 1 is 0.875 bits per heavy atom. The van der Waals surface area contributed by atoms with E-state index in [0.717, 1.165) is 26.7 Å². The molecular weight excluding hydrogens is 261 g/mol. The molecule has 0 amide bonds. The number of hydrogen-bond donors (Lipinski definition) is 1. The van der Waals surface area contributed by atoms with Gasteiger partial charge in [0.1, 0.15) is 7.85 Å². The first-order valence-electron chi connectivity index (χ1n) is 4.95. The van der Waals surface area contributed by atoms with Gasteiger partial charge in [-0.25, -0.2) is 0 Å². The van der Waals surface area contributed by atoms with Crippen LogP contribution < -0.4 is 5.46 Å². The summed E-state index contributed by atoms with van der Waals surface area (Å²) in [5, 5.41) is 8.13. The van der Waals surface area contributed by atoms with Crippen LogP contribution in [0.3, 0.4) is 0 Å². The van der Waals surface area contributed by atoms with E-state index in [1.54, 1.807) is 0 Å². The molecule has 0 bridgehead atoms. The molecule has 3 heteroatoms. The minimum Gasteiger partial charge on any atom is -0.300 e. The summed E-state index contributed by atoms with van der Waals surface area (Å²) >= 11 is 3.43. The van der Waals surface area contributed by atoms with Crippen LogP contribution in [0.1, 0.15) is 11.1 Å². The number of fused-ring (bicyclic) bond motifs is 3. The van der Waals surface area contributed by atoms with E-state index in [4.69, 9.17) is 13.3 Å². The molecule has 1 aliphatic rings. The van der Waals surface area contributed by atoms with E-state index in [0.29, 0.717) is 11.2 Å². The van der Waals surface area contributed by atoms with Gasteiger partial charge in [-0.1, -0.05) is 45.7 Å². The molecule has 0 heterocycles. The van der Waals surface area contributed by atoms with Gasteiger partial charge >= 0.3 is 0 Å². The largest absolute Gasteiger partial charge is 0.300 e. The molecule has 0 atom stereocenters. The lowest BCUT2D eigenvalue weighted by Gasteiger charge is -2.00. The zero-order chi connectivity index (χ0) is 11.3. The third-order valence-electron chi connectivity index (χ3n) is 2.85. The Bertz CT molecular complexity index is 566. The van der Waals surface area contributed by atoms with Gasteiger partial charge in [0.15, 0.2) is 0 Å². The zero-order valence-corrected chi connectivity index (χ0v) is 10.0. The Hall–Kier alpha value is -1.35. The third-order valence-corrected chi connectivity index (χ3v) is 3.35. The Morgan fingerprint density at radius 3 is 2.25 bits per heavy atom. The Labute approximate surface area is 104 Å². The topological polar surface area (TPSA) is 23.9 Å². The van der Waals surface area contributed by atoms with Crippen molar-refractivity contribution in [2.45, 2.75) is 0 Å². The molecule has 0 spiro atoms. The molecule has 0 saturated carbocycles. The lowest BCUT2D eigenvalue weighted by Crippen LogP contribution is -2.05. The molecule has 0 aromatic heterocycles. The Morgan fingerprint density at radius 2 is 1.50 bits per heavy atom. The molecule has 74 valence electrons. The molecule has 0 fully saturated rings. The predicted molar refractivity (Wildman–Crippen MR) is 70.9 cm³/mol. The SMILES string of the molecule is [B]c1ccc2c(c1)C(=N)c1cc(Br)ccc1-2. The van der Waals surface area contributed by atoms with E-state index in [9.17, 15) is 0 Å². The van der Waals surface area contributed by atoms with Crippen molar-refractivity contribution in [2.24, 2.45) is 0 Å². The van der Waals surface area contributed by atoms with E-state index >= 15 is 0 Å². The Kier molecular flexibility index (Phi) is 2.05. The predicted octanol–water partition coefficient (Wildman–Crippen LogP) is 2.64. The molecular formula is C13H7BBrN. The van der Waals surface area contributed by atoms with E-state index < -0.39 is 0 Å². The van der Waals surface area contributed by atoms with E-state index in [-0.39, 0.29) is 0 Å².